The van der Waals surface area contributed by atoms with Crippen LogP contribution < -0.4 is 0 Å². The Hall–Kier alpha value is -0.780. The molecule has 0 aromatic rings. The molecule has 3 nitrogen and oxygen atoms in total. The van der Waals surface area contributed by atoms with E-state index < -0.39 is 17.6 Å². The van der Waals surface area contributed by atoms with Gasteiger partial charge in [-0.25, -0.2) is 0 Å². The van der Waals surface area contributed by atoms with E-state index in [1.807, 2.05) is 0 Å². The number of alkyl halides is 3. The van der Waals surface area contributed by atoms with Crippen LogP contribution in [0.25, 0.3) is 0 Å². The summed E-state index contributed by atoms with van der Waals surface area (Å²) in [6.45, 7) is 0.345. The average molecular weight is 211 g/mol. The minimum Gasteiger partial charge on any atom is -0.481 e. The summed E-state index contributed by atoms with van der Waals surface area (Å²) >= 11 is 0. The van der Waals surface area contributed by atoms with Gasteiger partial charge in [0.15, 0.2) is 5.41 Å². The lowest BCUT2D eigenvalue weighted by molar-refractivity contribution is -0.241. The van der Waals surface area contributed by atoms with E-state index in [4.69, 9.17) is 5.11 Å². The lowest BCUT2D eigenvalue weighted by atomic mass is 9.78. The van der Waals surface area contributed by atoms with Gasteiger partial charge in [-0.1, -0.05) is 0 Å². The normalized spacial score (nSPS) is 23.4. The highest BCUT2D eigenvalue weighted by Crippen LogP contribution is 2.46. The van der Waals surface area contributed by atoms with Crippen LogP contribution in [0.15, 0.2) is 0 Å². The maximum atomic E-state index is 12.6. The zero-order valence-electron chi connectivity index (χ0n) is 7.76. The molecular formula is C8H12F3NO2. The number of hydrogen-bond donors (Lipinski definition) is 1. The van der Waals surface area contributed by atoms with Crippen molar-refractivity contribution in [2.24, 2.45) is 5.41 Å². The average Bonchev–Trinajstić information content (AvgIpc) is 2.02. The number of carboxylic acids is 1. The van der Waals surface area contributed by atoms with E-state index in [1.165, 1.54) is 0 Å². The Morgan fingerprint density at radius 3 is 2.07 bits per heavy atom. The molecule has 82 valence electrons. The SMILES string of the molecule is CN1CCC(C(=O)O)(C(F)(F)F)CC1. The number of carbonyl (C=O) groups is 1. The second-order valence-electron chi connectivity index (χ2n) is 3.69. The second kappa shape index (κ2) is 3.42. The van der Waals surface area contributed by atoms with Gasteiger partial charge in [0.05, 0.1) is 0 Å². The summed E-state index contributed by atoms with van der Waals surface area (Å²) in [6, 6.07) is 0. The Morgan fingerprint density at radius 1 is 1.36 bits per heavy atom. The molecule has 1 N–H and O–H groups in total. The number of halogens is 3. The third-order valence-corrected chi connectivity index (χ3v) is 2.79. The Balaban J connectivity index is 2.90. The van der Waals surface area contributed by atoms with Gasteiger partial charge in [0.25, 0.3) is 0 Å². The Labute approximate surface area is 79.5 Å². The lowest BCUT2D eigenvalue weighted by Crippen LogP contribution is -2.51. The van der Waals surface area contributed by atoms with Crippen molar-refractivity contribution in [2.75, 3.05) is 20.1 Å². The number of aliphatic carboxylic acids is 1. The van der Waals surface area contributed by atoms with Crippen molar-refractivity contribution in [1.82, 2.24) is 4.90 Å². The van der Waals surface area contributed by atoms with Crippen molar-refractivity contribution in [1.29, 1.82) is 0 Å². The van der Waals surface area contributed by atoms with Gasteiger partial charge in [0.2, 0.25) is 0 Å². The molecule has 0 amide bonds. The molecule has 1 saturated heterocycles. The zero-order chi connectivity index (χ0) is 11.0. The maximum Gasteiger partial charge on any atom is 0.404 e. The first-order valence-electron chi connectivity index (χ1n) is 4.28. The van der Waals surface area contributed by atoms with Crippen LogP contribution in [0.1, 0.15) is 12.8 Å². The first-order valence-corrected chi connectivity index (χ1v) is 4.28. The molecule has 0 atom stereocenters. The van der Waals surface area contributed by atoms with Crippen LogP contribution in [-0.2, 0) is 4.79 Å². The van der Waals surface area contributed by atoms with Crippen molar-refractivity contribution in [3.05, 3.63) is 0 Å². The van der Waals surface area contributed by atoms with E-state index in [9.17, 15) is 18.0 Å². The van der Waals surface area contributed by atoms with Crippen molar-refractivity contribution < 1.29 is 23.1 Å². The summed E-state index contributed by atoms with van der Waals surface area (Å²) < 4.78 is 37.7. The predicted octanol–water partition coefficient (Wildman–Crippen LogP) is 1.35. The number of carboxylic acid groups (broad SMARTS) is 1. The molecule has 1 aliphatic rings. The number of hydrogen-bond acceptors (Lipinski definition) is 2. The molecule has 0 unspecified atom stereocenters. The summed E-state index contributed by atoms with van der Waals surface area (Å²) in [7, 11) is 1.68. The third kappa shape index (κ3) is 1.70. The molecule has 0 aromatic carbocycles. The van der Waals surface area contributed by atoms with Gasteiger partial charge in [-0.2, -0.15) is 13.2 Å². The minimum atomic E-state index is -4.65. The fraction of sp³-hybridized carbons (Fsp3) is 0.875. The van der Waals surface area contributed by atoms with Crippen molar-refractivity contribution >= 4 is 5.97 Å². The molecule has 0 aliphatic carbocycles. The number of nitrogens with zero attached hydrogens (tertiary/aromatic N) is 1. The van der Waals surface area contributed by atoms with E-state index in [0.29, 0.717) is 0 Å². The predicted molar refractivity (Wildman–Crippen MR) is 42.9 cm³/mol. The van der Waals surface area contributed by atoms with Gasteiger partial charge in [-0.15, -0.1) is 0 Å². The van der Waals surface area contributed by atoms with Gasteiger partial charge in [-0.3, -0.25) is 4.79 Å². The smallest absolute Gasteiger partial charge is 0.404 e. The second-order valence-corrected chi connectivity index (χ2v) is 3.69. The van der Waals surface area contributed by atoms with Crippen LogP contribution in [-0.4, -0.2) is 42.3 Å². The van der Waals surface area contributed by atoms with Gasteiger partial charge in [0, 0.05) is 0 Å². The van der Waals surface area contributed by atoms with Crippen molar-refractivity contribution in [3.8, 4) is 0 Å². The minimum absolute atomic E-state index is 0.172. The summed E-state index contributed by atoms with van der Waals surface area (Å²) in [6.07, 6.45) is -5.37. The molecule has 0 aromatic heterocycles. The van der Waals surface area contributed by atoms with E-state index in [2.05, 4.69) is 0 Å². The molecular weight excluding hydrogens is 199 g/mol. The number of rotatable bonds is 1. The summed E-state index contributed by atoms with van der Waals surface area (Å²) in [4.78, 5) is 12.4. The summed E-state index contributed by atoms with van der Waals surface area (Å²) in [5.74, 6) is -1.75. The van der Waals surface area contributed by atoms with Crippen LogP contribution >= 0.6 is 0 Å². The quantitative estimate of drug-likeness (QED) is 0.711. The molecule has 14 heavy (non-hydrogen) atoms. The third-order valence-electron chi connectivity index (χ3n) is 2.79. The summed E-state index contributed by atoms with van der Waals surface area (Å²) in [5, 5.41) is 8.67. The van der Waals surface area contributed by atoms with Gasteiger partial charge in [0.1, 0.15) is 0 Å². The summed E-state index contributed by atoms with van der Waals surface area (Å²) in [5.41, 5.74) is -2.53. The van der Waals surface area contributed by atoms with Gasteiger partial charge in [-0.05, 0) is 33.0 Å². The fourth-order valence-corrected chi connectivity index (χ4v) is 1.62. The van der Waals surface area contributed by atoms with Crippen LogP contribution in [0.5, 0.6) is 0 Å². The maximum absolute atomic E-state index is 12.6. The molecule has 1 aliphatic heterocycles. The van der Waals surface area contributed by atoms with Gasteiger partial charge >= 0.3 is 12.1 Å². The van der Waals surface area contributed by atoms with Crippen LogP contribution in [0.4, 0.5) is 13.2 Å². The first kappa shape index (κ1) is 11.3. The molecule has 0 bridgehead atoms. The molecule has 1 heterocycles. The van der Waals surface area contributed by atoms with Gasteiger partial charge < -0.3 is 10.0 Å². The Bertz CT molecular complexity index is 231. The Morgan fingerprint density at radius 2 is 1.79 bits per heavy atom. The highest BCUT2D eigenvalue weighted by Gasteiger charge is 2.60. The Kier molecular flexibility index (Phi) is 2.76. The molecule has 1 rings (SSSR count). The first-order chi connectivity index (χ1) is 6.29. The largest absolute Gasteiger partial charge is 0.481 e. The van der Waals surface area contributed by atoms with Crippen LogP contribution in [0.3, 0.4) is 0 Å². The molecule has 0 radical (unpaired) electrons. The van der Waals surface area contributed by atoms with Crippen LogP contribution in [0.2, 0.25) is 0 Å². The fourth-order valence-electron chi connectivity index (χ4n) is 1.62. The monoisotopic (exact) mass is 211 g/mol. The highest BCUT2D eigenvalue weighted by atomic mass is 19.4. The van der Waals surface area contributed by atoms with E-state index in [1.54, 1.807) is 11.9 Å². The standard InChI is InChI=1S/C8H12F3NO2/c1-12-4-2-7(3-5-12,6(13)14)8(9,10)11/h2-5H2,1H3,(H,13,14). The van der Waals surface area contributed by atoms with E-state index in [0.717, 1.165) is 0 Å². The van der Waals surface area contributed by atoms with Crippen molar-refractivity contribution in [2.45, 2.75) is 19.0 Å². The van der Waals surface area contributed by atoms with E-state index >= 15 is 0 Å². The molecule has 0 spiro atoms. The lowest BCUT2D eigenvalue weighted by Gasteiger charge is -2.38. The van der Waals surface area contributed by atoms with E-state index in [-0.39, 0.29) is 25.9 Å². The molecule has 0 saturated carbocycles. The molecule has 1 fully saturated rings. The zero-order valence-corrected chi connectivity index (χ0v) is 7.76. The number of likely N-dealkylation sites (tertiary alicyclic amines) is 1. The molecule has 6 heteroatoms. The highest BCUT2D eigenvalue weighted by molar-refractivity contribution is 5.75. The van der Waals surface area contributed by atoms with Crippen molar-refractivity contribution in [3.63, 3.8) is 0 Å². The number of piperidine rings is 1. The topological polar surface area (TPSA) is 40.5 Å². The van der Waals surface area contributed by atoms with Crippen LogP contribution in [0, 0.1) is 5.41 Å².